The standard InChI is InChI=1S/C42H45N9/c1-48-39-18-5-3-16-37(39)46-41(48)20-25-50(26-21-42-47-38-17-4-6-19-40(38)49(42)2)30-34-13-11-12-33(28-34)29-43-24-27-51(31-35-14-7-9-22-44-35)32-36-15-8-10-23-45-36/h3-19,22-23,28-29H,20-21,24-27,30-32H2,1-2H3. The number of rotatable bonds is 16. The van der Waals surface area contributed by atoms with Crippen LogP contribution in [0.25, 0.3) is 22.1 Å². The van der Waals surface area contributed by atoms with Crippen LogP contribution in [-0.2, 0) is 46.6 Å². The lowest BCUT2D eigenvalue weighted by Gasteiger charge is -2.22. The Morgan fingerprint density at radius 3 is 1.71 bits per heavy atom. The Labute approximate surface area is 300 Å². The summed E-state index contributed by atoms with van der Waals surface area (Å²) < 4.78 is 4.45. The molecule has 0 unspecified atom stereocenters. The van der Waals surface area contributed by atoms with Crippen LogP contribution in [0.3, 0.4) is 0 Å². The maximum atomic E-state index is 4.96. The fraction of sp³-hybridized carbons (Fsp3) is 0.262. The van der Waals surface area contributed by atoms with Crippen LogP contribution in [0.15, 0.2) is 127 Å². The summed E-state index contributed by atoms with van der Waals surface area (Å²) in [4.78, 5) is 28.7. The van der Waals surface area contributed by atoms with Crippen molar-refractivity contribution < 1.29 is 0 Å². The van der Waals surface area contributed by atoms with Gasteiger partial charge in [0.1, 0.15) is 11.6 Å². The van der Waals surface area contributed by atoms with Crippen LogP contribution in [0, 0.1) is 0 Å². The lowest BCUT2D eigenvalue weighted by molar-refractivity contribution is 0.258. The average molecular weight is 676 g/mol. The van der Waals surface area contributed by atoms with Crippen LogP contribution in [0.4, 0.5) is 0 Å². The molecule has 0 N–H and O–H groups in total. The van der Waals surface area contributed by atoms with Gasteiger partial charge in [0, 0.05) is 84.8 Å². The predicted octanol–water partition coefficient (Wildman–Crippen LogP) is 6.66. The van der Waals surface area contributed by atoms with Crippen molar-refractivity contribution in [3.63, 3.8) is 0 Å². The molecule has 51 heavy (non-hydrogen) atoms. The summed E-state index contributed by atoms with van der Waals surface area (Å²) in [5, 5.41) is 0. The van der Waals surface area contributed by atoms with Gasteiger partial charge in [-0.15, -0.1) is 0 Å². The monoisotopic (exact) mass is 675 g/mol. The Morgan fingerprint density at radius 1 is 0.588 bits per heavy atom. The summed E-state index contributed by atoms with van der Waals surface area (Å²) in [6, 6.07) is 37.6. The third-order valence-electron chi connectivity index (χ3n) is 9.43. The van der Waals surface area contributed by atoms with Crippen LogP contribution < -0.4 is 0 Å². The molecule has 0 atom stereocenters. The summed E-state index contributed by atoms with van der Waals surface area (Å²) in [5.41, 5.74) is 8.89. The van der Waals surface area contributed by atoms with E-state index in [4.69, 9.17) is 15.0 Å². The van der Waals surface area contributed by atoms with E-state index in [0.717, 1.165) is 91.7 Å². The number of benzene rings is 3. The first-order valence-electron chi connectivity index (χ1n) is 17.7. The van der Waals surface area contributed by atoms with Gasteiger partial charge in [-0.2, -0.15) is 0 Å². The first-order valence-corrected chi connectivity index (χ1v) is 17.7. The quantitative estimate of drug-likeness (QED) is 0.107. The van der Waals surface area contributed by atoms with Crippen LogP contribution in [0.1, 0.15) is 34.2 Å². The molecule has 0 aliphatic heterocycles. The van der Waals surface area contributed by atoms with Gasteiger partial charge in [0.05, 0.1) is 40.0 Å². The molecule has 4 aromatic heterocycles. The van der Waals surface area contributed by atoms with Gasteiger partial charge in [-0.1, -0.05) is 54.6 Å². The molecule has 0 fully saturated rings. The average Bonchev–Trinajstić information content (AvgIpc) is 3.67. The minimum Gasteiger partial charge on any atom is -0.331 e. The number of pyridine rings is 2. The SMILES string of the molecule is Cn1c(CCN(CCc2nc3ccccc3n2C)Cc2cccc(C=NCCN(Cc3ccccn3)Cc3ccccn3)c2)nc2ccccc21. The van der Waals surface area contributed by atoms with E-state index in [0.29, 0.717) is 6.54 Å². The molecule has 0 aliphatic rings. The highest BCUT2D eigenvalue weighted by molar-refractivity contribution is 5.80. The molecule has 0 saturated heterocycles. The van der Waals surface area contributed by atoms with Gasteiger partial charge in [-0.25, -0.2) is 9.97 Å². The van der Waals surface area contributed by atoms with Crippen LogP contribution in [0.2, 0.25) is 0 Å². The Kier molecular flexibility index (Phi) is 11.0. The Hall–Kier alpha value is -5.51. The first-order chi connectivity index (χ1) is 25.1. The highest BCUT2D eigenvalue weighted by atomic mass is 15.2. The van der Waals surface area contributed by atoms with Gasteiger partial charge in [-0.05, 0) is 65.7 Å². The molecular weight excluding hydrogens is 631 g/mol. The molecule has 0 aliphatic carbocycles. The molecule has 0 radical (unpaired) electrons. The lowest BCUT2D eigenvalue weighted by Crippen LogP contribution is -2.29. The molecular formula is C42H45N9. The molecule has 4 heterocycles. The number of aryl methyl sites for hydroxylation is 2. The minimum absolute atomic E-state index is 0.687. The maximum Gasteiger partial charge on any atom is 0.110 e. The Balaban J connectivity index is 1.02. The molecule has 0 amide bonds. The number of hydrogen-bond acceptors (Lipinski definition) is 7. The fourth-order valence-electron chi connectivity index (χ4n) is 6.68. The summed E-state index contributed by atoms with van der Waals surface area (Å²) in [6.07, 6.45) is 7.43. The van der Waals surface area contributed by atoms with E-state index < -0.39 is 0 Å². The van der Waals surface area contributed by atoms with Crippen LogP contribution in [0.5, 0.6) is 0 Å². The summed E-state index contributed by atoms with van der Waals surface area (Å²) in [7, 11) is 4.24. The highest BCUT2D eigenvalue weighted by Gasteiger charge is 2.14. The molecule has 0 spiro atoms. The van der Waals surface area contributed by atoms with Crippen LogP contribution >= 0.6 is 0 Å². The van der Waals surface area contributed by atoms with Gasteiger partial charge in [0.15, 0.2) is 0 Å². The number of para-hydroxylation sites is 4. The van der Waals surface area contributed by atoms with Crippen molar-refractivity contribution in [3.05, 3.63) is 156 Å². The number of fused-ring (bicyclic) bond motifs is 2. The summed E-state index contributed by atoms with van der Waals surface area (Å²) in [6.45, 7) is 5.61. The number of aliphatic imine (C=N–C) groups is 1. The van der Waals surface area contributed by atoms with Crippen molar-refractivity contribution in [2.75, 3.05) is 26.2 Å². The van der Waals surface area contributed by atoms with Crippen molar-refractivity contribution in [2.45, 2.75) is 32.5 Å². The molecule has 7 aromatic rings. The first kappa shape index (κ1) is 34.0. The number of imidazole rings is 2. The van der Waals surface area contributed by atoms with Crippen molar-refractivity contribution in [1.29, 1.82) is 0 Å². The van der Waals surface area contributed by atoms with E-state index in [1.807, 2.05) is 42.9 Å². The van der Waals surface area contributed by atoms with Gasteiger partial charge in [0.25, 0.3) is 0 Å². The second-order valence-electron chi connectivity index (χ2n) is 13.1. The zero-order valence-electron chi connectivity index (χ0n) is 29.5. The zero-order chi connectivity index (χ0) is 34.8. The minimum atomic E-state index is 0.687. The number of hydrogen-bond donors (Lipinski definition) is 0. The van der Waals surface area contributed by atoms with Crippen molar-refractivity contribution in [1.82, 2.24) is 38.9 Å². The molecule has 0 saturated carbocycles. The van der Waals surface area contributed by atoms with E-state index in [1.165, 1.54) is 16.6 Å². The second kappa shape index (κ2) is 16.5. The molecule has 0 bridgehead atoms. The smallest absolute Gasteiger partial charge is 0.110 e. The van der Waals surface area contributed by atoms with E-state index >= 15 is 0 Å². The Bertz CT molecular complexity index is 2060. The molecule has 9 heteroatoms. The van der Waals surface area contributed by atoms with Gasteiger partial charge >= 0.3 is 0 Å². The number of aromatic nitrogens is 6. The van der Waals surface area contributed by atoms with E-state index in [-0.39, 0.29) is 0 Å². The summed E-state index contributed by atoms with van der Waals surface area (Å²) >= 11 is 0. The molecule has 3 aromatic carbocycles. The van der Waals surface area contributed by atoms with Gasteiger partial charge < -0.3 is 9.13 Å². The topological polar surface area (TPSA) is 80.3 Å². The predicted molar refractivity (Wildman–Crippen MR) is 206 cm³/mol. The third kappa shape index (κ3) is 8.81. The normalized spacial score (nSPS) is 11.9. The zero-order valence-corrected chi connectivity index (χ0v) is 29.5. The van der Waals surface area contributed by atoms with Crippen LogP contribution in [-0.4, -0.2) is 71.3 Å². The molecule has 7 rings (SSSR count). The maximum absolute atomic E-state index is 4.96. The van der Waals surface area contributed by atoms with Crippen molar-refractivity contribution >= 4 is 28.3 Å². The fourth-order valence-corrected chi connectivity index (χ4v) is 6.68. The van der Waals surface area contributed by atoms with Gasteiger partial charge in [-0.3, -0.25) is 24.8 Å². The lowest BCUT2D eigenvalue weighted by atomic mass is 10.1. The molecule has 258 valence electrons. The highest BCUT2D eigenvalue weighted by Crippen LogP contribution is 2.18. The Morgan fingerprint density at radius 2 is 1.16 bits per heavy atom. The largest absolute Gasteiger partial charge is 0.331 e. The molecule has 9 nitrogen and oxygen atoms in total. The second-order valence-corrected chi connectivity index (χ2v) is 13.1. The van der Waals surface area contributed by atoms with Gasteiger partial charge in [0.2, 0.25) is 0 Å². The van der Waals surface area contributed by atoms with E-state index in [9.17, 15) is 0 Å². The van der Waals surface area contributed by atoms with Crippen molar-refractivity contribution in [2.24, 2.45) is 19.1 Å². The third-order valence-corrected chi connectivity index (χ3v) is 9.43. The summed E-state index contributed by atoms with van der Waals surface area (Å²) in [5.74, 6) is 2.20. The van der Waals surface area contributed by atoms with Crippen molar-refractivity contribution in [3.8, 4) is 0 Å². The van der Waals surface area contributed by atoms with E-state index in [2.05, 4.69) is 128 Å². The van der Waals surface area contributed by atoms with E-state index in [1.54, 1.807) is 0 Å². The number of nitrogens with zero attached hydrogens (tertiary/aromatic N) is 9.